The third-order valence-electron chi connectivity index (χ3n) is 7.51. The number of alkyl halides is 3. The smallest absolute Gasteiger partial charge is 0.404 e. The quantitative estimate of drug-likeness (QED) is 0.319. The number of hydrogen-bond acceptors (Lipinski definition) is 6. The Morgan fingerprint density at radius 1 is 1.00 bits per heavy atom. The zero-order chi connectivity index (χ0) is 29.6. The van der Waals surface area contributed by atoms with Crippen LogP contribution in [0, 0.1) is 11.6 Å². The van der Waals surface area contributed by atoms with E-state index in [-0.39, 0.29) is 33.4 Å². The average Bonchev–Trinajstić information content (AvgIpc) is 3.78. The molecule has 1 saturated carbocycles. The van der Waals surface area contributed by atoms with E-state index in [2.05, 4.69) is 15.0 Å². The minimum atomic E-state index is -5.04. The van der Waals surface area contributed by atoms with Gasteiger partial charge in [0.2, 0.25) is 5.91 Å². The fraction of sp³-hybridized carbons (Fsp3) is 0.276. The van der Waals surface area contributed by atoms with Crippen LogP contribution in [-0.2, 0) is 9.53 Å². The highest BCUT2D eigenvalue weighted by Gasteiger charge is 2.54. The molecule has 1 aliphatic carbocycles. The summed E-state index contributed by atoms with van der Waals surface area (Å²) in [5, 5.41) is 2.42. The van der Waals surface area contributed by atoms with Gasteiger partial charge in [-0.3, -0.25) is 19.1 Å². The first-order chi connectivity index (χ1) is 20.1. The van der Waals surface area contributed by atoms with Crippen molar-refractivity contribution in [1.29, 1.82) is 0 Å². The highest BCUT2D eigenvalue weighted by molar-refractivity contribution is 6.01. The number of ether oxygens (including phenoxy) is 2. The van der Waals surface area contributed by atoms with Crippen LogP contribution in [0.1, 0.15) is 12.8 Å². The van der Waals surface area contributed by atoms with Crippen LogP contribution in [0.15, 0.2) is 65.7 Å². The number of anilines is 1. The lowest BCUT2D eigenvalue weighted by Gasteiger charge is -2.34. The fourth-order valence-corrected chi connectivity index (χ4v) is 5.25. The maximum Gasteiger partial charge on any atom is 0.573 e. The average molecular weight is 587 g/mol. The predicted octanol–water partition coefficient (Wildman–Crippen LogP) is 5.03. The van der Waals surface area contributed by atoms with Gasteiger partial charge in [0.05, 0.1) is 30.0 Å². The molecule has 218 valence electrons. The lowest BCUT2D eigenvalue weighted by atomic mass is 10.0. The van der Waals surface area contributed by atoms with Crippen molar-refractivity contribution in [3.05, 3.63) is 82.9 Å². The Labute approximate surface area is 235 Å². The van der Waals surface area contributed by atoms with Crippen LogP contribution >= 0.6 is 0 Å². The molecule has 4 aromatic rings. The molecule has 3 aromatic carbocycles. The van der Waals surface area contributed by atoms with E-state index in [0.29, 0.717) is 39.1 Å². The molecular weight excluding hydrogens is 563 g/mol. The summed E-state index contributed by atoms with van der Waals surface area (Å²) in [6.07, 6.45) is -2.97. The summed E-state index contributed by atoms with van der Waals surface area (Å²) < 4.78 is 79.8. The van der Waals surface area contributed by atoms with Crippen LogP contribution in [0.3, 0.4) is 0 Å². The first-order valence-corrected chi connectivity index (χ1v) is 13.1. The molecule has 1 aliphatic heterocycles. The van der Waals surface area contributed by atoms with Crippen molar-refractivity contribution in [2.75, 3.05) is 31.6 Å². The summed E-state index contributed by atoms with van der Waals surface area (Å²) in [4.78, 5) is 32.7. The minimum absolute atomic E-state index is 0.00553. The van der Waals surface area contributed by atoms with Crippen molar-refractivity contribution in [1.82, 2.24) is 14.5 Å². The summed E-state index contributed by atoms with van der Waals surface area (Å²) in [7, 11) is 0. The Hall–Kier alpha value is -4.36. The minimum Gasteiger partial charge on any atom is -0.404 e. The third kappa shape index (κ3) is 5.09. The highest BCUT2D eigenvalue weighted by Crippen LogP contribution is 2.44. The van der Waals surface area contributed by atoms with Gasteiger partial charge in [-0.15, -0.1) is 13.2 Å². The number of nitrogens with one attached hydrogen (secondary N) is 1. The number of carbonyl (C=O) groups is 1. The van der Waals surface area contributed by atoms with Gasteiger partial charge in [0.1, 0.15) is 23.2 Å². The van der Waals surface area contributed by atoms with Gasteiger partial charge in [-0.2, -0.15) is 0 Å². The number of rotatable bonds is 6. The van der Waals surface area contributed by atoms with E-state index in [4.69, 9.17) is 4.74 Å². The summed E-state index contributed by atoms with van der Waals surface area (Å²) >= 11 is 0. The molecule has 1 saturated heterocycles. The molecule has 0 spiro atoms. The molecule has 13 heteroatoms. The molecule has 0 unspecified atom stereocenters. The SMILES string of the molecule is O=C(Nc1cc(-n2cnc3c(F)c(-c4ccccc4F)ccc3c2=O)ccc1OC(F)(F)F)C1(N2CCOCC2)CC1. The highest BCUT2D eigenvalue weighted by atomic mass is 19.4. The number of benzene rings is 3. The van der Waals surface area contributed by atoms with E-state index < -0.39 is 40.8 Å². The summed E-state index contributed by atoms with van der Waals surface area (Å²) in [5.41, 5.74) is -2.25. The Morgan fingerprint density at radius 3 is 2.43 bits per heavy atom. The van der Waals surface area contributed by atoms with Crippen LogP contribution in [-0.4, -0.2) is 58.6 Å². The van der Waals surface area contributed by atoms with Crippen molar-refractivity contribution < 1.29 is 36.2 Å². The van der Waals surface area contributed by atoms with Crippen molar-refractivity contribution in [2.45, 2.75) is 24.7 Å². The molecule has 1 aromatic heterocycles. The van der Waals surface area contributed by atoms with Crippen molar-refractivity contribution >= 4 is 22.5 Å². The Bertz CT molecular complexity index is 1750. The Morgan fingerprint density at radius 2 is 1.74 bits per heavy atom. The molecule has 8 nitrogen and oxygen atoms in total. The molecule has 2 fully saturated rings. The molecule has 0 radical (unpaired) electrons. The van der Waals surface area contributed by atoms with Gasteiger partial charge in [0.15, 0.2) is 11.6 Å². The number of morpholine rings is 1. The predicted molar refractivity (Wildman–Crippen MR) is 142 cm³/mol. The molecule has 1 N–H and O–H groups in total. The zero-order valence-corrected chi connectivity index (χ0v) is 21.9. The van der Waals surface area contributed by atoms with Gasteiger partial charge < -0.3 is 14.8 Å². The molecule has 2 aliphatic rings. The fourth-order valence-electron chi connectivity index (χ4n) is 5.25. The van der Waals surface area contributed by atoms with E-state index in [9.17, 15) is 27.2 Å². The van der Waals surface area contributed by atoms with Crippen molar-refractivity contribution in [2.24, 2.45) is 0 Å². The van der Waals surface area contributed by atoms with Crippen LogP contribution in [0.2, 0.25) is 0 Å². The maximum atomic E-state index is 15.4. The second kappa shape index (κ2) is 10.5. The molecule has 2 heterocycles. The largest absolute Gasteiger partial charge is 0.573 e. The molecule has 6 rings (SSSR count). The second-order valence-corrected chi connectivity index (χ2v) is 10.0. The van der Waals surface area contributed by atoms with Crippen LogP contribution in [0.4, 0.5) is 27.6 Å². The van der Waals surface area contributed by atoms with Crippen LogP contribution in [0.5, 0.6) is 5.75 Å². The number of hydrogen-bond donors (Lipinski definition) is 1. The lowest BCUT2D eigenvalue weighted by Crippen LogP contribution is -2.51. The van der Waals surface area contributed by atoms with E-state index in [0.717, 1.165) is 23.0 Å². The first kappa shape index (κ1) is 27.8. The van der Waals surface area contributed by atoms with Crippen LogP contribution < -0.4 is 15.6 Å². The van der Waals surface area contributed by atoms with Crippen molar-refractivity contribution in [3.63, 3.8) is 0 Å². The van der Waals surface area contributed by atoms with Gasteiger partial charge in [0.25, 0.3) is 5.56 Å². The van der Waals surface area contributed by atoms with E-state index in [1.165, 1.54) is 36.4 Å². The number of carbonyl (C=O) groups excluding carboxylic acids is 1. The number of aromatic nitrogens is 2. The Balaban J connectivity index is 1.38. The third-order valence-corrected chi connectivity index (χ3v) is 7.51. The van der Waals surface area contributed by atoms with Gasteiger partial charge in [-0.05, 0) is 43.2 Å². The van der Waals surface area contributed by atoms with E-state index in [1.54, 1.807) is 6.07 Å². The number of amides is 1. The van der Waals surface area contributed by atoms with Crippen molar-refractivity contribution in [3.8, 4) is 22.6 Å². The Kier molecular flexibility index (Phi) is 6.93. The normalized spacial score (nSPS) is 16.8. The molecule has 0 bridgehead atoms. The maximum absolute atomic E-state index is 15.4. The van der Waals surface area contributed by atoms with Gasteiger partial charge in [0, 0.05) is 24.2 Å². The van der Waals surface area contributed by atoms with Gasteiger partial charge in [-0.1, -0.05) is 24.3 Å². The number of fused-ring (bicyclic) bond motifs is 1. The molecular formula is C29H23F5N4O4. The standard InChI is InChI=1S/C29H23F5N4O4/c30-21-4-2-1-3-18(21)19-6-7-20-25(24(19)31)35-16-38(26(20)39)17-5-8-23(42-29(32,33)34)22(15-17)36-27(40)28(9-10-28)37-11-13-41-14-12-37/h1-8,15-16H,9-14H2,(H,36,40). The molecule has 1 amide bonds. The second-order valence-electron chi connectivity index (χ2n) is 10.0. The number of nitrogens with zero attached hydrogens (tertiary/aromatic N) is 3. The van der Waals surface area contributed by atoms with Gasteiger partial charge >= 0.3 is 6.36 Å². The topological polar surface area (TPSA) is 85.7 Å². The van der Waals surface area contributed by atoms with E-state index in [1.807, 2.05) is 4.90 Å². The first-order valence-electron chi connectivity index (χ1n) is 13.1. The molecule has 42 heavy (non-hydrogen) atoms. The van der Waals surface area contributed by atoms with Crippen LogP contribution in [0.25, 0.3) is 27.7 Å². The summed E-state index contributed by atoms with van der Waals surface area (Å²) in [6, 6.07) is 11.5. The summed E-state index contributed by atoms with van der Waals surface area (Å²) in [6.45, 7) is 1.89. The van der Waals surface area contributed by atoms with Gasteiger partial charge in [-0.25, -0.2) is 13.8 Å². The lowest BCUT2D eigenvalue weighted by molar-refractivity contribution is -0.274. The summed E-state index contributed by atoms with van der Waals surface area (Å²) in [5.74, 6) is -2.72. The zero-order valence-electron chi connectivity index (χ0n) is 21.9. The van der Waals surface area contributed by atoms with E-state index >= 15 is 4.39 Å². The molecule has 0 atom stereocenters. The number of halogens is 5. The monoisotopic (exact) mass is 586 g/mol.